The molecule has 6 heteroatoms. The minimum Gasteiger partial charge on any atom is -0.298 e. The van der Waals surface area contributed by atoms with Crippen molar-refractivity contribution in [1.29, 1.82) is 0 Å². The summed E-state index contributed by atoms with van der Waals surface area (Å²) in [5.74, 6) is -0.912. The molecule has 4 rings (SSSR count). The van der Waals surface area contributed by atoms with Gasteiger partial charge in [-0.25, -0.2) is 4.98 Å². The van der Waals surface area contributed by atoms with Crippen molar-refractivity contribution >= 4 is 33.7 Å². The van der Waals surface area contributed by atoms with Crippen LogP contribution in [0.2, 0.25) is 0 Å². The van der Waals surface area contributed by atoms with Crippen molar-refractivity contribution in [3.8, 4) is 0 Å². The molecule has 0 spiro atoms. The smallest absolute Gasteiger partial charge is 0.298 e. The number of ketones is 1. The Labute approximate surface area is 124 Å². The van der Waals surface area contributed by atoms with Gasteiger partial charge in [0.1, 0.15) is 0 Å². The zero-order chi connectivity index (χ0) is 14.6. The highest BCUT2D eigenvalue weighted by molar-refractivity contribution is 7.15. The fraction of sp³-hybridized carbons (Fsp3) is 0.133. The molecular formula is C15H11N3O2S. The number of amides is 1. The maximum atomic E-state index is 12.2. The number of aryl methyl sites for hydroxylation is 1. The molecular weight excluding hydrogens is 286 g/mol. The molecule has 0 radical (unpaired) electrons. The summed E-state index contributed by atoms with van der Waals surface area (Å²) in [6, 6.07) is 5.41. The molecule has 1 aromatic carbocycles. The number of rotatable bonds is 2. The van der Waals surface area contributed by atoms with E-state index in [4.69, 9.17) is 0 Å². The van der Waals surface area contributed by atoms with Gasteiger partial charge in [0.2, 0.25) is 0 Å². The van der Waals surface area contributed by atoms with Crippen molar-refractivity contribution in [2.45, 2.75) is 13.5 Å². The van der Waals surface area contributed by atoms with E-state index in [1.807, 2.05) is 35.2 Å². The van der Waals surface area contributed by atoms with Crippen LogP contribution in [-0.2, 0) is 11.3 Å². The van der Waals surface area contributed by atoms with Gasteiger partial charge in [0, 0.05) is 17.8 Å². The van der Waals surface area contributed by atoms with E-state index >= 15 is 0 Å². The highest BCUT2D eigenvalue weighted by Gasteiger charge is 2.37. The number of thiazole rings is 1. The second-order valence-electron chi connectivity index (χ2n) is 5.02. The second kappa shape index (κ2) is 4.26. The van der Waals surface area contributed by atoms with Crippen molar-refractivity contribution in [2.24, 2.45) is 0 Å². The molecule has 1 aliphatic heterocycles. The first-order chi connectivity index (χ1) is 10.1. The molecule has 0 N–H and O–H groups in total. The molecule has 21 heavy (non-hydrogen) atoms. The number of carbonyl (C=O) groups excluding carboxylic acids is 2. The number of hydrogen-bond donors (Lipinski definition) is 0. The van der Waals surface area contributed by atoms with E-state index in [2.05, 4.69) is 4.98 Å². The molecule has 0 saturated heterocycles. The minimum absolute atomic E-state index is 0.316. The number of aromatic nitrogens is 2. The van der Waals surface area contributed by atoms with Gasteiger partial charge in [0.15, 0.2) is 4.96 Å². The zero-order valence-corrected chi connectivity index (χ0v) is 12.1. The highest BCUT2D eigenvalue weighted by atomic mass is 32.1. The highest BCUT2D eigenvalue weighted by Crippen LogP contribution is 2.33. The number of fused-ring (bicyclic) bond motifs is 2. The van der Waals surface area contributed by atoms with E-state index in [9.17, 15) is 9.59 Å². The summed E-state index contributed by atoms with van der Waals surface area (Å²) in [5, 5.41) is 1.95. The van der Waals surface area contributed by atoms with E-state index in [1.54, 1.807) is 12.1 Å². The Hall–Kier alpha value is -2.47. The standard InChI is InChI=1S/C15H11N3O2S/c1-9-3-2-4-11-12(9)18(14(20)13(11)19)8-10-7-17-5-6-21-15(17)16-10/h2-7H,8H2,1H3. The molecule has 0 fully saturated rings. The molecule has 5 nitrogen and oxygen atoms in total. The quantitative estimate of drug-likeness (QED) is 0.683. The van der Waals surface area contributed by atoms with Gasteiger partial charge in [-0.3, -0.25) is 18.9 Å². The van der Waals surface area contributed by atoms with E-state index in [1.165, 1.54) is 16.2 Å². The number of Topliss-reactive ketones (excluding diaryl/α,β-unsaturated/α-hetero) is 1. The van der Waals surface area contributed by atoms with E-state index in [0.29, 0.717) is 17.8 Å². The SMILES string of the molecule is Cc1cccc2c1N(Cc1cn3ccsc3n1)C(=O)C2=O. The van der Waals surface area contributed by atoms with Gasteiger partial charge in [-0.2, -0.15) is 0 Å². The van der Waals surface area contributed by atoms with E-state index < -0.39 is 11.7 Å². The van der Waals surface area contributed by atoms with Gasteiger partial charge in [0.05, 0.1) is 23.5 Å². The Bertz CT molecular complexity index is 865. The lowest BCUT2D eigenvalue weighted by molar-refractivity contribution is -0.114. The van der Waals surface area contributed by atoms with Gasteiger partial charge < -0.3 is 0 Å². The lowest BCUT2D eigenvalue weighted by Crippen LogP contribution is -2.29. The molecule has 0 atom stereocenters. The van der Waals surface area contributed by atoms with Crippen LogP contribution in [0, 0.1) is 6.92 Å². The van der Waals surface area contributed by atoms with Crippen LogP contribution in [0.15, 0.2) is 36.0 Å². The molecule has 2 aromatic heterocycles. The van der Waals surface area contributed by atoms with Crippen molar-refractivity contribution in [3.05, 3.63) is 52.8 Å². The lowest BCUT2D eigenvalue weighted by Gasteiger charge is -2.16. The Kier molecular flexibility index (Phi) is 2.49. The maximum absolute atomic E-state index is 12.2. The van der Waals surface area contributed by atoms with Crippen LogP contribution in [0.5, 0.6) is 0 Å². The number of hydrogen-bond acceptors (Lipinski definition) is 4. The van der Waals surface area contributed by atoms with Crippen LogP contribution in [-0.4, -0.2) is 21.1 Å². The van der Waals surface area contributed by atoms with Crippen LogP contribution >= 0.6 is 11.3 Å². The van der Waals surface area contributed by atoms with Gasteiger partial charge in [-0.1, -0.05) is 12.1 Å². The number of nitrogens with zero attached hydrogens (tertiary/aromatic N) is 3. The summed E-state index contributed by atoms with van der Waals surface area (Å²) >= 11 is 1.54. The summed E-state index contributed by atoms with van der Waals surface area (Å²) in [6.07, 6.45) is 3.81. The summed E-state index contributed by atoms with van der Waals surface area (Å²) in [4.78, 5) is 31.2. The number of imidazole rings is 1. The number of para-hydroxylation sites is 1. The fourth-order valence-electron chi connectivity index (χ4n) is 2.70. The van der Waals surface area contributed by atoms with E-state index in [-0.39, 0.29) is 0 Å². The Morgan fingerprint density at radius 3 is 2.95 bits per heavy atom. The van der Waals surface area contributed by atoms with Crippen molar-refractivity contribution in [2.75, 3.05) is 4.90 Å². The predicted molar refractivity (Wildman–Crippen MR) is 79.8 cm³/mol. The van der Waals surface area contributed by atoms with Crippen LogP contribution in [0.25, 0.3) is 4.96 Å². The Balaban J connectivity index is 1.77. The normalized spacial score (nSPS) is 14.2. The summed E-state index contributed by atoms with van der Waals surface area (Å²) in [6.45, 7) is 2.22. The monoisotopic (exact) mass is 297 g/mol. The molecule has 3 aromatic rings. The number of anilines is 1. The fourth-order valence-corrected chi connectivity index (χ4v) is 3.42. The summed E-state index contributed by atoms with van der Waals surface area (Å²) < 4.78 is 1.92. The molecule has 3 heterocycles. The topological polar surface area (TPSA) is 54.7 Å². The molecule has 104 valence electrons. The lowest BCUT2D eigenvalue weighted by atomic mass is 10.1. The van der Waals surface area contributed by atoms with Gasteiger partial charge in [-0.15, -0.1) is 11.3 Å². The average Bonchev–Trinajstić information content (AvgIpc) is 3.09. The Morgan fingerprint density at radius 2 is 2.14 bits per heavy atom. The molecule has 0 bridgehead atoms. The van der Waals surface area contributed by atoms with Crippen molar-refractivity contribution < 1.29 is 9.59 Å². The van der Waals surface area contributed by atoms with E-state index in [0.717, 1.165) is 16.2 Å². The predicted octanol–water partition coefficient (Wildman–Crippen LogP) is 2.43. The van der Waals surface area contributed by atoms with Gasteiger partial charge in [-0.05, 0) is 18.6 Å². The Morgan fingerprint density at radius 1 is 1.29 bits per heavy atom. The number of carbonyl (C=O) groups is 2. The van der Waals surface area contributed by atoms with Crippen LogP contribution in [0.3, 0.4) is 0 Å². The third-order valence-corrected chi connectivity index (χ3v) is 4.43. The molecule has 1 aliphatic rings. The van der Waals surface area contributed by atoms with Gasteiger partial charge >= 0.3 is 0 Å². The first kappa shape index (κ1) is 12.3. The summed E-state index contributed by atoms with van der Waals surface area (Å²) in [5.41, 5.74) is 2.90. The molecule has 0 unspecified atom stereocenters. The zero-order valence-electron chi connectivity index (χ0n) is 11.2. The third-order valence-electron chi connectivity index (χ3n) is 3.65. The molecule has 0 saturated carbocycles. The van der Waals surface area contributed by atoms with Crippen LogP contribution < -0.4 is 4.90 Å². The van der Waals surface area contributed by atoms with Crippen molar-refractivity contribution in [1.82, 2.24) is 9.38 Å². The van der Waals surface area contributed by atoms with Gasteiger partial charge in [0.25, 0.3) is 11.7 Å². The minimum atomic E-state index is -0.476. The van der Waals surface area contributed by atoms with Crippen LogP contribution in [0.4, 0.5) is 5.69 Å². The maximum Gasteiger partial charge on any atom is 0.299 e. The molecule has 1 amide bonds. The van der Waals surface area contributed by atoms with Crippen LogP contribution in [0.1, 0.15) is 21.6 Å². The van der Waals surface area contributed by atoms with Crippen molar-refractivity contribution in [3.63, 3.8) is 0 Å². The first-order valence-electron chi connectivity index (χ1n) is 6.52. The molecule has 0 aliphatic carbocycles. The first-order valence-corrected chi connectivity index (χ1v) is 7.40. The average molecular weight is 297 g/mol. The summed E-state index contributed by atoms with van der Waals surface area (Å²) in [7, 11) is 0. The second-order valence-corrected chi connectivity index (χ2v) is 5.89. The largest absolute Gasteiger partial charge is 0.299 e. The third kappa shape index (κ3) is 1.72. The number of benzene rings is 1.